The number of aromatic nitrogens is 2. The van der Waals surface area contributed by atoms with Crippen LogP contribution in [0.2, 0.25) is 0 Å². The van der Waals surface area contributed by atoms with Gasteiger partial charge >= 0.3 is 0 Å². The molecule has 1 aromatic heterocycles. The molecule has 1 N–H and O–H groups in total. The largest absolute Gasteiger partial charge is 0.330 e. The van der Waals surface area contributed by atoms with Crippen LogP contribution in [0.25, 0.3) is 11.0 Å². The Balaban J connectivity index is 1.73. The number of nitrogens with zero attached hydrogens (tertiary/aromatic N) is 3. The summed E-state index contributed by atoms with van der Waals surface area (Å²) >= 11 is 0. The zero-order valence-electron chi connectivity index (χ0n) is 14.8. The van der Waals surface area contributed by atoms with Gasteiger partial charge in [-0.05, 0) is 50.6 Å². The van der Waals surface area contributed by atoms with Gasteiger partial charge in [0, 0.05) is 19.2 Å². The van der Waals surface area contributed by atoms with E-state index in [4.69, 9.17) is 4.98 Å². The first-order valence-electron chi connectivity index (χ1n) is 9.15. The Morgan fingerprint density at radius 1 is 1.25 bits per heavy atom. The van der Waals surface area contributed by atoms with Crippen LogP contribution in [-0.4, -0.2) is 33.4 Å². The highest BCUT2D eigenvalue weighted by Crippen LogP contribution is 2.21. The van der Waals surface area contributed by atoms with E-state index in [-0.39, 0.29) is 5.91 Å². The fraction of sp³-hybridized carbons (Fsp3) is 0.579. The van der Waals surface area contributed by atoms with Crippen molar-refractivity contribution in [3.63, 3.8) is 0 Å². The summed E-state index contributed by atoms with van der Waals surface area (Å²) in [5.41, 5.74) is 2.91. The molecule has 1 aromatic carbocycles. The number of amides is 1. The van der Waals surface area contributed by atoms with Crippen molar-refractivity contribution in [3.8, 4) is 0 Å². The number of rotatable bonds is 6. The molecular weight excluding hydrogens is 300 g/mol. The summed E-state index contributed by atoms with van der Waals surface area (Å²) in [4.78, 5) is 19.2. The van der Waals surface area contributed by atoms with Crippen LogP contribution in [0.4, 0.5) is 5.69 Å². The number of carbonyl (C=O) groups is 1. The molecule has 0 unspecified atom stereocenters. The molecule has 2 heterocycles. The highest BCUT2D eigenvalue weighted by atomic mass is 16.1. The third-order valence-electron chi connectivity index (χ3n) is 4.83. The number of unbranched alkanes of at least 4 members (excludes halogenated alkanes) is 1. The van der Waals surface area contributed by atoms with Gasteiger partial charge in [0.1, 0.15) is 5.82 Å². The minimum atomic E-state index is 0.0840. The van der Waals surface area contributed by atoms with E-state index < -0.39 is 0 Å². The maximum Gasteiger partial charge on any atom is 0.224 e. The van der Waals surface area contributed by atoms with Crippen LogP contribution in [0.15, 0.2) is 18.2 Å². The third-order valence-corrected chi connectivity index (χ3v) is 4.83. The average Bonchev–Trinajstić information content (AvgIpc) is 2.89. The van der Waals surface area contributed by atoms with E-state index in [0.717, 1.165) is 41.9 Å². The Hall–Kier alpha value is -1.88. The normalized spacial score (nSPS) is 15.8. The Bertz CT molecular complexity index is 701. The topological polar surface area (TPSA) is 50.2 Å². The van der Waals surface area contributed by atoms with Crippen molar-refractivity contribution in [3.05, 3.63) is 24.0 Å². The maximum absolute atomic E-state index is 11.9. The summed E-state index contributed by atoms with van der Waals surface area (Å²) < 4.78 is 2.17. The predicted octanol–water partition coefficient (Wildman–Crippen LogP) is 3.69. The van der Waals surface area contributed by atoms with E-state index in [0.29, 0.717) is 6.42 Å². The van der Waals surface area contributed by atoms with E-state index in [1.165, 1.54) is 32.4 Å². The number of carbonyl (C=O) groups excluding carboxylic acids is 1. The van der Waals surface area contributed by atoms with Gasteiger partial charge in [0.15, 0.2) is 0 Å². The molecule has 1 saturated heterocycles. The lowest BCUT2D eigenvalue weighted by atomic mass is 10.1. The predicted molar refractivity (Wildman–Crippen MR) is 98.0 cm³/mol. The molecule has 1 aliphatic rings. The lowest BCUT2D eigenvalue weighted by molar-refractivity contribution is -0.116. The van der Waals surface area contributed by atoms with Gasteiger partial charge in [-0.2, -0.15) is 0 Å². The number of anilines is 1. The molecule has 0 atom stereocenters. The Kier molecular flexibility index (Phi) is 5.51. The summed E-state index contributed by atoms with van der Waals surface area (Å²) in [5.74, 6) is 1.18. The van der Waals surface area contributed by atoms with Crippen LogP contribution < -0.4 is 5.32 Å². The van der Waals surface area contributed by atoms with Crippen molar-refractivity contribution in [2.45, 2.75) is 52.0 Å². The van der Waals surface area contributed by atoms with Gasteiger partial charge in [0.2, 0.25) is 5.91 Å². The van der Waals surface area contributed by atoms with Crippen LogP contribution in [0.5, 0.6) is 0 Å². The fourth-order valence-electron chi connectivity index (χ4n) is 3.35. The average molecular weight is 328 g/mol. The maximum atomic E-state index is 11.9. The number of piperidine rings is 1. The second kappa shape index (κ2) is 7.79. The highest BCUT2D eigenvalue weighted by Gasteiger charge is 2.15. The van der Waals surface area contributed by atoms with Gasteiger partial charge in [-0.15, -0.1) is 0 Å². The lowest BCUT2D eigenvalue weighted by Gasteiger charge is -2.25. The van der Waals surface area contributed by atoms with Gasteiger partial charge in [0.25, 0.3) is 0 Å². The number of nitrogens with one attached hydrogen (secondary N) is 1. The van der Waals surface area contributed by atoms with Gasteiger partial charge < -0.3 is 9.88 Å². The Morgan fingerprint density at radius 2 is 2.04 bits per heavy atom. The van der Waals surface area contributed by atoms with Gasteiger partial charge in [0.05, 0.1) is 17.6 Å². The molecular formula is C19H28N4O. The number of hydrogen-bond donors (Lipinski definition) is 1. The van der Waals surface area contributed by atoms with Crippen molar-refractivity contribution in [2.75, 3.05) is 18.4 Å². The first-order valence-corrected chi connectivity index (χ1v) is 9.15. The van der Waals surface area contributed by atoms with Crippen LogP contribution in [-0.2, 0) is 18.4 Å². The summed E-state index contributed by atoms with van der Waals surface area (Å²) in [5, 5.41) is 2.98. The first-order chi connectivity index (χ1) is 11.7. The Morgan fingerprint density at radius 3 is 2.79 bits per heavy atom. The minimum Gasteiger partial charge on any atom is -0.330 e. The lowest BCUT2D eigenvalue weighted by Crippen LogP contribution is -2.30. The smallest absolute Gasteiger partial charge is 0.224 e. The van der Waals surface area contributed by atoms with Crippen LogP contribution >= 0.6 is 0 Å². The number of aryl methyl sites for hydroxylation is 1. The second-order valence-corrected chi connectivity index (χ2v) is 6.78. The summed E-state index contributed by atoms with van der Waals surface area (Å²) in [6, 6.07) is 6.01. The van der Waals surface area contributed by atoms with E-state index in [1.54, 1.807) is 0 Å². The molecule has 24 heavy (non-hydrogen) atoms. The molecule has 1 amide bonds. The van der Waals surface area contributed by atoms with Crippen LogP contribution in [0.1, 0.15) is 51.3 Å². The molecule has 5 heteroatoms. The van der Waals surface area contributed by atoms with Crippen molar-refractivity contribution in [1.29, 1.82) is 0 Å². The van der Waals surface area contributed by atoms with Crippen molar-refractivity contribution in [2.24, 2.45) is 7.05 Å². The van der Waals surface area contributed by atoms with E-state index >= 15 is 0 Å². The SMILES string of the molecule is CCCCC(=O)Nc1ccc2c(c1)nc(CN1CCCCC1)n2C. The summed E-state index contributed by atoms with van der Waals surface area (Å²) in [7, 11) is 2.08. The molecule has 0 saturated carbocycles. The molecule has 0 spiro atoms. The van der Waals surface area contributed by atoms with E-state index in [1.807, 2.05) is 12.1 Å². The minimum absolute atomic E-state index is 0.0840. The summed E-state index contributed by atoms with van der Waals surface area (Å²) in [6.07, 6.45) is 6.47. The van der Waals surface area contributed by atoms with Gasteiger partial charge in [-0.25, -0.2) is 4.98 Å². The number of likely N-dealkylation sites (tertiary alicyclic amines) is 1. The number of imidazole rings is 1. The third kappa shape index (κ3) is 3.96. The van der Waals surface area contributed by atoms with Crippen molar-refractivity contribution >= 4 is 22.6 Å². The zero-order chi connectivity index (χ0) is 16.9. The highest BCUT2D eigenvalue weighted by molar-refractivity contribution is 5.93. The van der Waals surface area contributed by atoms with Gasteiger partial charge in [-0.1, -0.05) is 19.8 Å². The Labute approximate surface area is 144 Å². The number of benzene rings is 1. The molecule has 0 radical (unpaired) electrons. The van der Waals surface area contributed by atoms with Crippen molar-refractivity contribution < 1.29 is 4.79 Å². The van der Waals surface area contributed by atoms with E-state index in [9.17, 15) is 4.79 Å². The molecule has 1 fully saturated rings. The molecule has 0 aliphatic carbocycles. The molecule has 0 bridgehead atoms. The molecule has 3 rings (SSSR count). The second-order valence-electron chi connectivity index (χ2n) is 6.78. The van der Waals surface area contributed by atoms with Crippen LogP contribution in [0, 0.1) is 0 Å². The number of fused-ring (bicyclic) bond motifs is 1. The standard InChI is InChI=1S/C19H28N4O/c1-3-4-8-19(24)20-15-9-10-17-16(13-15)21-18(22(17)2)14-23-11-6-5-7-12-23/h9-10,13H,3-8,11-12,14H2,1-2H3,(H,20,24). The quantitative estimate of drug-likeness (QED) is 0.880. The summed E-state index contributed by atoms with van der Waals surface area (Å²) in [6.45, 7) is 5.34. The molecule has 1 aliphatic heterocycles. The van der Waals surface area contributed by atoms with Crippen molar-refractivity contribution in [1.82, 2.24) is 14.5 Å². The monoisotopic (exact) mass is 328 g/mol. The zero-order valence-corrected chi connectivity index (χ0v) is 14.8. The fourth-order valence-corrected chi connectivity index (χ4v) is 3.35. The molecule has 5 nitrogen and oxygen atoms in total. The molecule has 130 valence electrons. The van der Waals surface area contributed by atoms with Gasteiger partial charge in [-0.3, -0.25) is 9.69 Å². The van der Waals surface area contributed by atoms with Crippen LogP contribution in [0.3, 0.4) is 0 Å². The first kappa shape index (κ1) is 17.0. The molecule has 2 aromatic rings. The van der Waals surface area contributed by atoms with E-state index in [2.05, 4.69) is 34.8 Å². The number of hydrogen-bond acceptors (Lipinski definition) is 3.